The summed E-state index contributed by atoms with van der Waals surface area (Å²) < 4.78 is 0. The summed E-state index contributed by atoms with van der Waals surface area (Å²) in [6.45, 7) is 0. The molecule has 0 heterocycles. The van der Waals surface area contributed by atoms with Gasteiger partial charge in [0.25, 0.3) is 11.4 Å². The minimum absolute atomic E-state index is 0.293. The maximum atomic E-state index is 12.0. The lowest BCUT2D eigenvalue weighted by molar-refractivity contribution is -0.394. The highest BCUT2D eigenvalue weighted by Gasteiger charge is 2.21. The number of hydrogen-bond acceptors (Lipinski definition) is 9. The highest BCUT2D eigenvalue weighted by Crippen LogP contribution is 2.23. The summed E-state index contributed by atoms with van der Waals surface area (Å²) in [7, 11) is 0. The first-order valence-electron chi connectivity index (χ1n) is 6.98. The summed E-state index contributed by atoms with van der Waals surface area (Å²) >= 11 is 0. The van der Waals surface area contributed by atoms with Crippen LogP contribution >= 0.6 is 0 Å². The fourth-order valence-corrected chi connectivity index (χ4v) is 1.79. The van der Waals surface area contributed by atoms with Gasteiger partial charge in [-0.1, -0.05) is 5.11 Å². The Morgan fingerprint density at radius 2 is 1.56 bits per heavy atom. The Morgan fingerprint density at radius 1 is 1.00 bits per heavy atom. The topological polar surface area (TPSA) is 192 Å². The molecule has 13 heteroatoms. The Bertz CT molecular complexity index is 909. The first-order chi connectivity index (χ1) is 12.8. The molecule has 0 fully saturated rings. The summed E-state index contributed by atoms with van der Waals surface area (Å²) in [6.07, 6.45) is 0. The normalized spacial score (nSPS) is 10.4. The number of rotatable bonds is 6. The van der Waals surface area contributed by atoms with E-state index < -0.39 is 33.2 Å². The molecule has 0 radical (unpaired) electrons. The van der Waals surface area contributed by atoms with Crippen molar-refractivity contribution in [3.63, 3.8) is 0 Å². The molecule has 27 heavy (non-hydrogen) atoms. The number of nitrogens with two attached hydrogens (primary N) is 1. The lowest BCUT2D eigenvalue weighted by Gasteiger charge is -2.07. The molecule has 2 aromatic carbocycles. The Morgan fingerprint density at radius 3 is 2.04 bits per heavy atom. The Balaban J connectivity index is 2.10. The van der Waals surface area contributed by atoms with E-state index in [9.17, 15) is 29.8 Å². The summed E-state index contributed by atoms with van der Waals surface area (Å²) in [6, 6.07) is 7.19. The van der Waals surface area contributed by atoms with Gasteiger partial charge >= 0.3 is 12.0 Å². The molecular weight excluding hydrogens is 364 g/mol. The van der Waals surface area contributed by atoms with E-state index >= 15 is 0 Å². The number of amides is 2. The number of nitrogens with one attached hydrogen (secondary N) is 1. The Hall–Kier alpha value is -4.42. The summed E-state index contributed by atoms with van der Waals surface area (Å²) in [5.74, 6) is -1.07. The third-order valence-corrected chi connectivity index (χ3v) is 2.95. The molecule has 138 valence electrons. The molecule has 0 saturated heterocycles. The fraction of sp³-hybridized carbons (Fsp3) is 0. The lowest BCUT2D eigenvalue weighted by Crippen LogP contribution is -2.11. The minimum Gasteiger partial charge on any atom is -0.348 e. The van der Waals surface area contributed by atoms with Gasteiger partial charge in [-0.05, 0) is 24.3 Å². The highest BCUT2D eigenvalue weighted by molar-refractivity contribution is 5.91. The summed E-state index contributed by atoms with van der Waals surface area (Å²) in [5.41, 5.74) is 6.06. The van der Waals surface area contributed by atoms with Gasteiger partial charge in [-0.15, -0.1) is 5.11 Å². The fourth-order valence-electron chi connectivity index (χ4n) is 1.79. The van der Waals surface area contributed by atoms with Crippen molar-refractivity contribution in [1.29, 1.82) is 0 Å². The van der Waals surface area contributed by atoms with Crippen LogP contribution in [0.5, 0.6) is 0 Å². The van der Waals surface area contributed by atoms with E-state index in [1.54, 1.807) is 0 Å². The number of nitro benzene ring substituents is 2. The Labute approximate surface area is 149 Å². The smallest absolute Gasteiger partial charge is 0.348 e. The number of carbonyl (C=O) groups is 2. The predicted molar refractivity (Wildman–Crippen MR) is 89.3 cm³/mol. The molecule has 0 spiro atoms. The van der Waals surface area contributed by atoms with E-state index in [4.69, 9.17) is 10.6 Å². The molecule has 0 saturated carbocycles. The van der Waals surface area contributed by atoms with Crippen LogP contribution in [0.4, 0.5) is 27.5 Å². The number of anilines is 1. The van der Waals surface area contributed by atoms with Gasteiger partial charge in [0.15, 0.2) is 0 Å². The first kappa shape index (κ1) is 18.9. The molecular formula is C14H10N6O7. The number of azo groups is 1. The molecule has 0 aliphatic carbocycles. The van der Waals surface area contributed by atoms with Crippen molar-refractivity contribution in [2.24, 2.45) is 16.0 Å². The molecule has 2 amide bonds. The number of nitro groups is 2. The first-order valence-corrected chi connectivity index (χ1v) is 6.98. The second kappa shape index (κ2) is 8.11. The predicted octanol–water partition coefficient (Wildman–Crippen LogP) is 2.85. The third kappa shape index (κ3) is 5.28. The van der Waals surface area contributed by atoms with Gasteiger partial charge < -0.3 is 10.6 Å². The van der Waals surface area contributed by atoms with Gasteiger partial charge in [-0.25, -0.2) is 15.1 Å². The molecule has 13 nitrogen and oxygen atoms in total. The highest BCUT2D eigenvalue weighted by atomic mass is 16.7. The minimum atomic E-state index is -1.07. The van der Waals surface area contributed by atoms with Gasteiger partial charge in [0, 0.05) is 12.1 Å². The number of hydrogen-bond donors (Lipinski definition) is 2. The van der Waals surface area contributed by atoms with Crippen LogP contribution < -0.4 is 11.2 Å². The van der Waals surface area contributed by atoms with Crippen molar-refractivity contribution in [1.82, 2.24) is 0 Å². The zero-order valence-electron chi connectivity index (χ0n) is 13.3. The van der Waals surface area contributed by atoms with Gasteiger partial charge in [-0.3, -0.25) is 20.2 Å². The molecule has 0 aromatic heterocycles. The van der Waals surface area contributed by atoms with E-state index in [1.807, 2.05) is 0 Å². The van der Waals surface area contributed by atoms with Crippen molar-refractivity contribution in [2.75, 3.05) is 5.48 Å². The Kier molecular flexibility index (Phi) is 5.68. The van der Waals surface area contributed by atoms with Crippen molar-refractivity contribution in [3.05, 3.63) is 68.3 Å². The lowest BCUT2D eigenvalue weighted by atomic mass is 10.2. The SMILES string of the molecule is NC(=O)N=Nc1ccc(NOC(=O)c2cc([N+](=O)[O-])cc([N+](=O)[O-])c2)cc1. The van der Waals surface area contributed by atoms with Crippen LogP contribution in [-0.2, 0) is 4.84 Å². The molecule has 2 aromatic rings. The van der Waals surface area contributed by atoms with E-state index in [2.05, 4.69) is 15.7 Å². The zero-order valence-corrected chi connectivity index (χ0v) is 13.3. The quantitative estimate of drug-likeness (QED) is 0.437. The van der Waals surface area contributed by atoms with Crippen LogP contribution in [0.25, 0.3) is 0 Å². The molecule has 0 unspecified atom stereocenters. The van der Waals surface area contributed by atoms with E-state index in [0.717, 1.165) is 18.2 Å². The average Bonchev–Trinajstić information content (AvgIpc) is 2.64. The van der Waals surface area contributed by atoms with Crippen molar-refractivity contribution in [2.45, 2.75) is 0 Å². The molecule has 2 rings (SSSR count). The number of non-ortho nitro benzene ring substituents is 2. The van der Waals surface area contributed by atoms with E-state index in [1.165, 1.54) is 24.3 Å². The van der Waals surface area contributed by atoms with Crippen molar-refractivity contribution < 1.29 is 24.3 Å². The van der Waals surface area contributed by atoms with Gasteiger partial charge in [0.05, 0.1) is 32.9 Å². The average molecular weight is 374 g/mol. The molecule has 0 bridgehead atoms. The van der Waals surface area contributed by atoms with Crippen LogP contribution in [-0.4, -0.2) is 21.8 Å². The third-order valence-electron chi connectivity index (χ3n) is 2.95. The van der Waals surface area contributed by atoms with Gasteiger partial charge in [0.1, 0.15) is 0 Å². The van der Waals surface area contributed by atoms with E-state index in [-0.39, 0.29) is 5.56 Å². The molecule has 0 atom stereocenters. The van der Waals surface area contributed by atoms with Crippen LogP contribution in [0.2, 0.25) is 0 Å². The molecule has 0 aliphatic heterocycles. The number of urea groups is 1. The molecule has 3 N–H and O–H groups in total. The van der Waals surface area contributed by atoms with Crippen LogP contribution in [0.1, 0.15) is 10.4 Å². The van der Waals surface area contributed by atoms with Gasteiger partial charge in [-0.2, -0.15) is 0 Å². The van der Waals surface area contributed by atoms with E-state index in [0.29, 0.717) is 11.4 Å². The van der Waals surface area contributed by atoms with Crippen LogP contribution in [0.15, 0.2) is 52.7 Å². The maximum absolute atomic E-state index is 12.0. The summed E-state index contributed by atoms with van der Waals surface area (Å²) in [4.78, 5) is 47.2. The number of benzene rings is 2. The second-order valence-corrected chi connectivity index (χ2v) is 4.83. The molecule has 0 aliphatic rings. The largest absolute Gasteiger partial charge is 0.363 e. The van der Waals surface area contributed by atoms with Gasteiger partial charge in [0.2, 0.25) is 0 Å². The number of nitrogens with zero attached hydrogens (tertiary/aromatic N) is 4. The van der Waals surface area contributed by atoms with Crippen molar-refractivity contribution in [3.8, 4) is 0 Å². The van der Waals surface area contributed by atoms with Crippen molar-refractivity contribution >= 4 is 34.7 Å². The standard InChI is InChI=1S/C14H10N6O7/c15-14(22)17-16-9-1-3-10(4-2-9)18-27-13(21)8-5-11(19(23)24)7-12(6-8)20(25)26/h1-7,18H,(H2,15,22). The summed E-state index contributed by atoms with van der Waals surface area (Å²) in [5, 5.41) is 28.3. The van der Waals surface area contributed by atoms with Crippen LogP contribution in [0, 0.1) is 20.2 Å². The second-order valence-electron chi connectivity index (χ2n) is 4.83. The zero-order chi connectivity index (χ0) is 20.0. The van der Waals surface area contributed by atoms with Crippen LogP contribution in [0.3, 0.4) is 0 Å². The monoisotopic (exact) mass is 374 g/mol. The number of primary amides is 1. The number of carbonyl (C=O) groups excluding carboxylic acids is 2. The maximum Gasteiger partial charge on any atom is 0.363 e.